The van der Waals surface area contributed by atoms with Gasteiger partial charge < -0.3 is 60.2 Å². The first kappa shape index (κ1) is 1510. The Morgan fingerprint density at radius 1 is 0.167 bits per heavy atom. The summed E-state index contributed by atoms with van der Waals surface area (Å²) in [5.74, 6) is 0. The van der Waals surface area contributed by atoms with Gasteiger partial charge in [0.2, 0.25) is 0 Å². The van der Waals surface area contributed by atoms with Gasteiger partial charge in [-0.2, -0.15) is 0 Å². The van der Waals surface area contributed by atoms with Crippen LogP contribution in [0.15, 0.2) is 0 Å². The molecule has 0 unspecified atom stereocenters. The van der Waals surface area contributed by atoms with Crippen LogP contribution in [0.5, 0.6) is 0 Å². The molecule has 0 aliphatic rings. The second-order valence-electron chi connectivity index (χ2n) is 0. The van der Waals surface area contributed by atoms with E-state index in [-0.39, 0.29) is 109 Å². The van der Waals surface area contributed by atoms with Crippen LogP contribution in [-0.4, -0.2) is 109 Å². The summed E-state index contributed by atoms with van der Waals surface area (Å²) in [7, 11) is 0. The molecule has 0 spiro atoms. The molecular formula is H24BaO11. The van der Waals surface area contributed by atoms with E-state index < -0.39 is 0 Å². The molecule has 0 amide bonds. The van der Waals surface area contributed by atoms with E-state index in [1.165, 1.54) is 0 Å². The summed E-state index contributed by atoms with van der Waals surface area (Å²) in [4.78, 5) is 0. The molecular weight excluding hydrogens is 313 g/mol. The number of hydrogen-bond donors (Lipinski definition) is 0. The van der Waals surface area contributed by atoms with E-state index in [4.69, 9.17) is 0 Å². The van der Waals surface area contributed by atoms with Crippen molar-refractivity contribution in [2.45, 2.75) is 0 Å². The van der Waals surface area contributed by atoms with Crippen LogP contribution in [0.1, 0.15) is 0 Å². The second-order valence-corrected chi connectivity index (χ2v) is 0. The average Bonchev–Trinajstić information content (AvgIpc) is 0. The van der Waals surface area contributed by atoms with Crippen LogP contribution in [0.4, 0.5) is 0 Å². The van der Waals surface area contributed by atoms with Gasteiger partial charge in [-0.05, 0) is 0 Å². The normalized spacial score (nSPS) is 0. The van der Waals surface area contributed by atoms with Gasteiger partial charge in [0.25, 0.3) is 0 Å². The van der Waals surface area contributed by atoms with Crippen molar-refractivity contribution in [3.05, 3.63) is 0 Å². The van der Waals surface area contributed by atoms with Gasteiger partial charge in [-0.3, -0.25) is 0 Å². The van der Waals surface area contributed by atoms with E-state index in [1.807, 2.05) is 0 Å². The van der Waals surface area contributed by atoms with Crippen molar-refractivity contribution in [2.75, 3.05) is 0 Å². The Hall–Kier alpha value is 1.13. The molecule has 0 heterocycles. The third kappa shape index (κ3) is 893. The Kier molecular flexibility index (Phi) is 148000. The van der Waals surface area contributed by atoms with Crippen LogP contribution in [-0.2, 0) is 0 Å². The van der Waals surface area contributed by atoms with Crippen molar-refractivity contribution in [3.8, 4) is 0 Å². The SMILES string of the molecule is O.O.O.O.O.O.O.O.O.O.O.[BaH2]. The molecule has 0 aromatic rings. The van der Waals surface area contributed by atoms with Gasteiger partial charge in [0, 0.05) is 0 Å². The molecule has 12 heteroatoms. The van der Waals surface area contributed by atoms with Gasteiger partial charge in [0.05, 0.1) is 0 Å². The maximum absolute atomic E-state index is 0. The minimum absolute atomic E-state index is 0. The molecule has 0 fully saturated rings. The first-order valence-electron chi connectivity index (χ1n) is 0. The van der Waals surface area contributed by atoms with Gasteiger partial charge >= 0.3 is 48.9 Å². The Morgan fingerprint density at radius 3 is 0.167 bits per heavy atom. The Labute approximate surface area is 108 Å². The van der Waals surface area contributed by atoms with Crippen molar-refractivity contribution >= 4 is 48.9 Å². The molecule has 0 aliphatic heterocycles. The molecule has 92 valence electrons. The van der Waals surface area contributed by atoms with Gasteiger partial charge in [0.1, 0.15) is 0 Å². The standard InChI is InChI=1S/Ba.11H2O.2H/h;11*1H2;;. The minimum atomic E-state index is 0. The van der Waals surface area contributed by atoms with Crippen LogP contribution in [0, 0.1) is 0 Å². The van der Waals surface area contributed by atoms with E-state index in [2.05, 4.69) is 0 Å². The molecule has 0 aromatic heterocycles. The van der Waals surface area contributed by atoms with Crippen molar-refractivity contribution in [3.63, 3.8) is 0 Å². The van der Waals surface area contributed by atoms with Crippen LogP contribution in [0.2, 0.25) is 0 Å². The summed E-state index contributed by atoms with van der Waals surface area (Å²) < 4.78 is 0. The zero-order valence-electron chi connectivity index (χ0n) is 5.50. The molecule has 0 aliphatic carbocycles. The zero-order chi connectivity index (χ0) is 0. The Bertz CT molecular complexity index is 4.97. The maximum atomic E-state index is 0. The topological polar surface area (TPSA) is 346 Å². The predicted octanol–water partition coefficient (Wildman–Crippen LogP) is -9.99. The fourth-order valence-corrected chi connectivity index (χ4v) is 0. The summed E-state index contributed by atoms with van der Waals surface area (Å²) in [6.45, 7) is 0. The quantitative estimate of drug-likeness (QED) is 0.371. The molecule has 0 saturated carbocycles. The van der Waals surface area contributed by atoms with Crippen LogP contribution >= 0.6 is 0 Å². The van der Waals surface area contributed by atoms with Gasteiger partial charge in [-0.25, -0.2) is 0 Å². The molecule has 0 aromatic carbocycles. The second kappa shape index (κ2) is 1170. The first-order chi connectivity index (χ1) is 0. The number of rotatable bonds is 0. The molecule has 0 saturated heterocycles. The summed E-state index contributed by atoms with van der Waals surface area (Å²) in [5, 5.41) is 0. The van der Waals surface area contributed by atoms with E-state index in [1.54, 1.807) is 0 Å². The first-order valence-corrected chi connectivity index (χ1v) is 0. The Morgan fingerprint density at radius 2 is 0.167 bits per heavy atom. The molecule has 11 nitrogen and oxygen atoms in total. The van der Waals surface area contributed by atoms with E-state index in [0.717, 1.165) is 0 Å². The molecule has 0 atom stereocenters. The summed E-state index contributed by atoms with van der Waals surface area (Å²) in [6, 6.07) is 0. The van der Waals surface area contributed by atoms with Gasteiger partial charge in [0.15, 0.2) is 0 Å². The van der Waals surface area contributed by atoms with Crippen molar-refractivity contribution < 1.29 is 60.2 Å². The van der Waals surface area contributed by atoms with Gasteiger partial charge in [-0.1, -0.05) is 0 Å². The van der Waals surface area contributed by atoms with Crippen LogP contribution < -0.4 is 0 Å². The third-order valence-electron chi connectivity index (χ3n) is 0. The summed E-state index contributed by atoms with van der Waals surface area (Å²) in [6.07, 6.45) is 0. The van der Waals surface area contributed by atoms with Crippen LogP contribution in [0.25, 0.3) is 0 Å². The molecule has 0 rings (SSSR count). The monoisotopic (exact) mass is 338 g/mol. The molecule has 12 heavy (non-hydrogen) atoms. The molecule has 22 N–H and O–H groups in total. The van der Waals surface area contributed by atoms with E-state index >= 15 is 0 Å². The van der Waals surface area contributed by atoms with E-state index in [9.17, 15) is 0 Å². The van der Waals surface area contributed by atoms with Crippen molar-refractivity contribution in [1.82, 2.24) is 0 Å². The van der Waals surface area contributed by atoms with Crippen LogP contribution in [0.3, 0.4) is 0 Å². The molecule has 0 radical (unpaired) electrons. The fourth-order valence-electron chi connectivity index (χ4n) is 0. The fraction of sp³-hybridized carbons (Fsp3) is 0. The zero-order valence-corrected chi connectivity index (χ0v) is 5.50. The van der Waals surface area contributed by atoms with Crippen molar-refractivity contribution in [2.24, 2.45) is 0 Å². The summed E-state index contributed by atoms with van der Waals surface area (Å²) in [5.41, 5.74) is 0. The molecule has 0 bridgehead atoms. The third-order valence-corrected chi connectivity index (χ3v) is 0. The average molecular weight is 338 g/mol. The number of hydrogen-bond acceptors (Lipinski definition) is 0. The van der Waals surface area contributed by atoms with Gasteiger partial charge in [-0.15, -0.1) is 0 Å². The van der Waals surface area contributed by atoms with E-state index in [0.29, 0.717) is 0 Å². The summed E-state index contributed by atoms with van der Waals surface area (Å²) >= 11 is 0. The predicted molar refractivity (Wildman–Crippen MR) is 48.3 cm³/mol. The van der Waals surface area contributed by atoms with Crippen molar-refractivity contribution in [1.29, 1.82) is 0 Å². The Balaban J connectivity index is 0.